The van der Waals surface area contributed by atoms with Crippen LogP contribution in [-0.4, -0.2) is 63.0 Å². The topological polar surface area (TPSA) is 60.0 Å². The first kappa shape index (κ1) is 20.5. The highest BCUT2D eigenvalue weighted by molar-refractivity contribution is 5.96. The van der Waals surface area contributed by atoms with E-state index in [0.29, 0.717) is 12.2 Å². The first-order valence-electron chi connectivity index (χ1n) is 9.24. The summed E-state index contributed by atoms with van der Waals surface area (Å²) < 4.78 is 16.8. The van der Waals surface area contributed by atoms with Gasteiger partial charge in [-0.05, 0) is 59.8 Å². The summed E-state index contributed by atoms with van der Waals surface area (Å²) in [6, 6.07) is 5.77. The molecule has 6 nitrogen and oxygen atoms in total. The monoisotopic (exact) mass is 364 g/mol. The van der Waals surface area contributed by atoms with E-state index in [9.17, 15) is 4.79 Å². The number of ether oxygens (including phenoxy) is 3. The molecule has 1 N–H and O–H groups in total. The minimum absolute atomic E-state index is 0.280. The van der Waals surface area contributed by atoms with Crippen LogP contribution in [0.4, 0.5) is 5.69 Å². The van der Waals surface area contributed by atoms with E-state index < -0.39 is 5.60 Å². The first-order valence-corrected chi connectivity index (χ1v) is 9.24. The summed E-state index contributed by atoms with van der Waals surface area (Å²) in [6.45, 7) is 8.50. The number of rotatable bonds is 7. The molecule has 0 bridgehead atoms. The van der Waals surface area contributed by atoms with Crippen molar-refractivity contribution in [3.63, 3.8) is 0 Å². The predicted octanol–water partition coefficient (Wildman–Crippen LogP) is 3.17. The van der Waals surface area contributed by atoms with Crippen LogP contribution < -0.4 is 10.1 Å². The van der Waals surface area contributed by atoms with Crippen molar-refractivity contribution in [2.24, 2.45) is 0 Å². The highest BCUT2D eigenvalue weighted by atomic mass is 16.6. The second-order valence-corrected chi connectivity index (χ2v) is 7.89. The molecule has 0 radical (unpaired) electrons. The molecule has 1 aliphatic heterocycles. The first-order chi connectivity index (χ1) is 12.2. The van der Waals surface area contributed by atoms with Crippen LogP contribution in [0.2, 0.25) is 0 Å². The van der Waals surface area contributed by atoms with Crippen LogP contribution in [0.1, 0.15) is 44.0 Å². The van der Waals surface area contributed by atoms with Gasteiger partial charge in [-0.15, -0.1) is 0 Å². The van der Waals surface area contributed by atoms with Crippen molar-refractivity contribution >= 4 is 11.7 Å². The fourth-order valence-corrected chi connectivity index (χ4v) is 2.65. The minimum Gasteiger partial charge on any atom is -0.492 e. The largest absolute Gasteiger partial charge is 0.492 e. The number of nitrogens with zero attached hydrogens (tertiary/aromatic N) is 1. The molecule has 26 heavy (non-hydrogen) atoms. The Morgan fingerprint density at radius 1 is 1.27 bits per heavy atom. The number of nitrogens with one attached hydrogen (secondary N) is 1. The third-order valence-corrected chi connectivity index (χ3v) is 4.00. The summed E-state index contributed by atoms with van der Waals surface area (Å²) in [7, 11) is 4.01. The molecule has 1 aliphatic rings. The van der Waals surface area contributed by atoms with Gasteiger partial charge in [-0.25, -0.2) is 4.79 Å². The number of carbonyl (C=O) groups is 1. The van der Waals surface area contributed by atoms with E-state index in [2.05, 4.69) is 10.2 Å². The van der Waals surface area contributed by atoms with Gasteiger partial charge >= 0.3 is 5.97 Å². The third-order valence-electron chi connectivity index (χ3n) is 4.00. The molecule has 1 fully saturated rings. The van der Waals surface area contributed by atoms with Gasteiger partial charge in [0, 0.05) is 31.9 Å². The molecular formula is C20H32N2O4. The molecule has 0 spiro atoms. The van der Waals surface area contributed by atoms with E-state index in [4.69, 9.17) is 14.2 Å². The lowest BCUT2D eigenvalue weighted by molar-refractivity contribution is 0.00706. The van der Waals surface area contributed by atoms with Crippen LogP contribution >= 0.6 is 0 Å². The van der Waals surface area contributed by atoms with Crippen LogP contribution in [0.25, 0.3) is 0 Å². The number of likely N-dealkylation sites (N-methyl/N-ethyl adjacent to an activating group) is 1. The number of benzene rings is 1. The highest BCUT2D eigenvalue weighted by Gasteiger charge is 2.23. The van der Waals surface area contributed by atoms with Gasteiger partial charge in [-0.1, -0.05) is 0 Å². The molecule has 2 rings (SSSR count). The molecular weight excluding hydrogens is 332 g/mol. The Bertz CT molecular complexity index is 590. The molecule has 6 heteroatoms. The van der Waals surface area contributed by atoms with Crippen molar-refractivity contribution in [1.29, 1.82) is 0 Å². The second kappa shape index (κ2) is 9.24. The molecule has 0 amide bonds. The zero-order chi connectivity index (χ0) is 19.2. The molecule has 1 heterocycles. The third kappa shape index (κ3) is 6.84. The van der Waals surface area contributed by atoms with Gasteiger partial charge < -0.3 is 24.4 Å². The van der Waals surface area contributed by atoms with E-state index >= 15 is 0 Å². The molecule has 1 aromatic rings. The van der Waals surface area contributed by atoms with Crippen LogP contribution in [0.5, 0.6) is 5.75 Å². The van der Waals surface area contributed by atoms with E-state index in [1.165, 1.54) is 0 Å². The van der Waals surface area contributed by atoms with Crippen LogP contribution in [0.15, 0.2) is 18.2 Å². The van der Waals surface area contributed by atoms with Gasteiger partial charge in [-0.3, -0.25) is 0 Å². The summed E-state index contributed by atoms with van der Waals surface area (Å²) >= 11 is 0. The summed E-state index contributed by atoms with van der Waals surface area (Å²) in [6.07, 6.45) is 1.83. The number of anilines is 1. The molecule has 0 aliphatic carbocycles. The van der Waals surface area contributed by atoms with Gasteiger partial charge in [-0.2, -0.15) is 0 Å². The maximum atomic E-state index is 12.6. The molecule has 146 valence electrons. The molecule has 0 saturated carbocycles. The molecule has 1 aromatic carbocycles. The van der Waals surface area contributed by atoms with Crippen LogP contribution in [-0.2, 0) is 9.47 Å². The van der Waals surface area contributed by atoms with E-state index in [1.54, 1.807) is 6.07 Å². The quantitative estimate of drug-likeness (QED) is 0.750. The average molecular weight is 364 g/mol. The summed E-state index contributed by atoms with van der Waals surface area (Å²) in [5.41, 5.74) is 0.758. The second-order valence-electron chi connectivity index (χ2n) is 7.89. The SMILES string of the molecule is CN(C)CCOc1ccc(C(=O)OC(C)(C)C)c(NC2CCOCC2)c1. The van der Waals surface area contributed by atoms with Gasteiger partial charge in [0.1, 0.15) is 18.0 Å². The van der Waals surface area contributed by atoms with E-state index in [-0.39, 0.29) is 12.0 Å². The lowest BCUT2D eigenvalue weighted by atomic mass is 10.1. The Morgan fingerprint density at radius 2 is 1.96 bits per heavy atom. The highest BCUT2D eigenvalue weighted by Crippen LogP contribution is 2.27. The van der Waals surface area contributed by atoms with Gasteiger partial charge in [0.2, 0.25) is 0 Å². The predicted molar refractivity (Wildman–Crippen MR) is 103 cm³/mol. The fourth-order valence-electron chi connectivity index (χ4n) is 2.65. The Morgan fingerprint density at radius 3 is 2.58 bits per heavy atom. The van der Waals surface area contributed by atoms with Crippen LogP contribution in [0.3, 0.4) is 0 Å². The number of esters is 1. The van der Waals surface area contributed by atoms with E-state index in [0.717, 1.165) is 44.0 Å². The van der Waals surface area contributed by atoms with Crippen molar-refractivity contribution in [3.8, 4) is 5.75 Å². The standard InChI is InChI=1S/C20H32N2O4/c1-20(2,3)26-19(23)17-7-6-16(25-13-10-22(4)5)14-18(17)21-15-8-11-24-12-9-15/h6-7,14-15,21H,8-13H2,1-5H3. The summed E-state index contributed by atoms with van der Waals surface area (Å²) in [5.74, 6) is 0.417. The van der Waals surface area contributed by atoms with E-state index in [1.807, 2.05) is 47.0 Å². The van der Waals surface area contributed by atoms with Crippen molar-refractivity contribution in [2.75, 3.05) is 45.8 Å². The zero-order valence-corrected chi connectivity index (χ0v) is 16.6. The number of hydrogen-bond acceptors (Lipinski definition) is 6. The minimum atomic E-state index is -0.534. The van der Waals surface area contributed by atoms with Gasteiger partial charge in [0.25, 0.3) is 0 Å². The van der Waals surface area contributed by atoms with Crippen molar-refractivity contribution in [1.82, 2.24) is 4.90 Å². The van der Waals surface area contributed by atoms with Crippen molar-refractivity contribution in [3.05, 3.63) is 23.8 Å². The molecule has 0 atom stereocenters. The van der Waals surface area contributed by atoms with Gasteiger partial charge in [0.05, 0.1) is 11.3 Å². The molecule has 0 unspecified atom stereocenters. The Labute approximate surface area is 156 Å². The summed E-state index contributed by atoms with van der Waals surface area (Å²) in [5, 5.41) is 3.48. The Kier molecular flexibility index (Phi) is 7.29. The van der Waals surface area contributed by atoms with Crippen molar-refractivity contribution in [2.45, 2.75) is 45.3 Å². The number of carbonyl (C=O) groups excluding carboxylic acids is 1. The normalized spacial score (nSPS) is 15.8. The smallest absolute Gasteiger partial charge is 0.340 e. The Balaban J connectivity index is 2.17. The lowest BCUT2D eigenvalue weighted by Gasteiger charge is -2.26. The molecule has 0 aromatic heterocycles. The average Bonchev–Trinajstić information content (AvgIpc) is 2.54. The Hall–Kier alpha value is -1.79. The van der Waals surface area contributed by atoms with Crippen molar-refractivity contribution < 1.29 is 19.0 Å². The lowest BCUT2D eigenvalue weighted by Crippen LogP contribution is -2.29. The summed E-state index contributed by atoms with van der Waals surface area (Å²) in [4.78, 5) is 14.7. The maximum Gasteiger partial charge on any atom is 0.340 e. The van der Waals surface area contributed by atoms with Crippen LogP contribution in [0, 0.1) is 0 Å². The van der Waals surface area contributed by atoms with Gasteiger partial charge in [0.15, 0.2) is 0 Å². The zero-order valence-electron chi connectivity index (χ0n) is 16.6. The fraction of sp³-hybridized carbons (Fsp3) is 0.650. The molecule has 1 saturated heterocycles. The number of hydrogen-bond donors (Lipinski definition) is 1. The maximum absolute atomic E-state index is 12.6.